The van der Waals surface area contributed by atoms with Gasteiger partial charge in [0.15, 0.2) is 0 Å². The fourth-order valence-electron chi connectivity index (χ4n) is 2.30. The van der Waals surface area contributed by atoms with Crippen molar-refractivity contribution in [3.8, 4) is 0 Å². The molecule has 5 heteroatoms. The van der Waals surface area contributed by atoms with Crippen molar-refractivity contribution < 1.29 is 4.79 Å². The molecule has 1 aromatic rings. The largest absolute Gasteiger partial charge is 0.305 e. The van der Waals surface area contributed by atoms with E-state index >= 15 is 0 Å². The molecule has 3 heterocycles. The predicted octanol–water partition coefficient (Wildman–Crippen LogP) is 0.812. The van der Waals surface area contributed by atoms with E-state index in [4.69, 9.17) is 11.6 Å². The third-order valence-corrected chi connectivity index (χ3v) is 3.22. The van der Waals surface area contributed by atoms with Crippen molar-refractivity contribution >= 4 is 23.2 Å². The first-order valence-electron chi connectivity index (χ1n) is 4.94. The zero-order valence-corrected chi connectivity index (χ0v) is 8.74. The van der Waals surface area contributed by atoms with E-state index in [2.05, 4.69) is 10.3 Å². The number of nitrogens with one attached hydrogen (secondary N) is 1. The molecule has 0 unspecified atom stereocenters. The minimum atomic E-state index is 0.00526. The van der Waals surface area contributed by atoms with E-state index < -0.39 is 0 Å². The number of amides is 1. The second kappa shape index (κ2) is 3.18. The van der Waals surface area contributed by atoms with Gasteiger partial charge in [-0.2, -0.15) is 0 Å². The van der Waals surface area contributed by atoms with Gasteiger partial charge in [-0.15, -0.1) is 0 Å². The highest BCUT2D eigenvalue weighted by Crippen LogP contribution is 2.30. The van der Waals surface area contributed by atoms with Crippen LogP contribution in [0.15, 0.2) is 18.3 Å². The molecule has 0 aliphatic carbocycles. The third-order valence-electron chi connectivity index (χ3n) is 3.00. The lowest BCUT2D eigenvalue weighted by atomic mass is 10.2. The van der Waals surface area contributed by atoms with E-state index in [1.165, 1.54) is 0 Å². The molecule has 0 saturated carbocycles. The summed E-state index contributed by atoms with van der Waals surface area (Å²) in [5, 5.41) is 3.63. The van der Waals surface area contributed by atoms with Crippen LogP contribution < -0.4 is 10.2 Å². The summed E-state index contributed by atoms with van der Waals surface area (Å²) in [5.74, 6) is 0.148. The normalized spacial score (nSPS) is 28.9. The summed E-state index contributed by atoms with van der Waals surface area (Å²) in [5.41, 5.74) is 0.846. The Kier molecular flexibility index (Phi) is 1.94. The molecule has 1 aromatic heterocycles. The molecule has 15 heavy (non-hydrogen) atoms. The van der Waals surface area contributed by atoms with E-state index in [9.17, 15) is 4.79 Å². The van der Waals surface area contributed by atoms with Gasteiger partial charge in [0, 0.05) is 6.54 Å². The van der Waals surface area contributed by atoms with Gasteiger partial charge in [0.1, 0.15) is 5.15 Å². The number of fused-ring (bicyclic) bond motifs is 2. The second-order valence-corrected chi connectivity index (χ2v) is 4.28. The molecule has 3 rings (SSSR count). The Morgan fingerprint density at radius 1 is 1.53 bits per heavy atom. The van der Waals surface area contributed by atoms with E-state index in [0.717, 1.165) is 18.7 Å². The number of carbonyl (C=O) groups is 1. The van der Waals surface area contributed by atoms with Crippen molar-refractivity contribution in [1.82, 2.24) is 10.3 Å². The fraction of sp³-hybridized carbons (Fsp3) is 0.400. The van der Waals surface area contributed by atoms with Crippen molar-refractivity contribution in [2.45, 2.75) is 18.5 Å². The number of anilines is 1. The minimum absolute atomic E-state index is 0.00526. The zero-order valence-electron chi connectivity index (χ0n) is 7.98. The number of pyridine rings is 1. The predicted molar refractivity (Wildman–Crippen MR) is 56.9 cm³/mol. The number of nitrogens with zero attached hydrogens (tertiary/aromatic N) is 2. The van der Waals surface area contributed by atoms with Crippen molar-refractivity contribution in [2.24, 2.45) is 0 Å². The van der Waals surface area contributed by atoms with Gasteiger partial charge in [0.2, 0.25) is 5.91 Å². The highest BCUT2D eigenvalue weighted by Gasteiger charge is 2.45. The van der Waals surface area contributed by atoms with Gasteiger partial charge >= 0.3 is 0 Å². The first-order chi connectivity index (χ1) is 7.25. The van der Waals surface area contributed by atoms with Gasteiger partial charge in [-0.05, 0) is 18.6 Å². The molecule has 0 radical (unpaired) electrons. The van der Waals surface area contributed by atoms with Gasteiger partial charge in [0.25, 0.3) is 0 Å². The molecule has 1 amide bonds. The summed E-state index contributed by atoms with van der Waals surface area (Å²) in [4.78, 5) is 17.7. The third kappa shape index (κ3) is 1.33. The summed E-state index contributed by atoms with van der Waals surface area (Å²) in [6, 6.07) is 3.84. The average molecular weight is 224 g/mol. The molecular formula is C10H10ClN3O. The molecule has 4 nitrogen and oxygen atoms in total. The highest BCUT2D eigenvalue weighted by atomic mass is 35.5. The number of halogens is 1. The lowest BCUT2D eigenvalue weighted by Gasteiger charge is -2.27. The van der Waals surface area contributed by atoms with Crippen molar-refractivity contribution in [2.75, 3.05) is 11.4 Å². The molecular weight excluding hydrogens is 214 g/mol. The average Bonchev–Trinajstić information content (AvgIpc) is 2.80. The van der Waals surface area contributed by atoms with Crippen LogP contribution in [0.1, 0.15) is 6.42 Å². The molecule has 2 fully saturated rings. The number of carbonyl (C=O) groups excluding carboxylic acids is 1. The number of piperazine rings is 1. The van der Waals surface area contributed by atoms with Gasteiger partial charge in [-0.25, -0.2) is 4.98 Å². The molecule has 2 bridgehead atoms. The summed E-state index contributed by atoms with van der Waals surface area (Å²) in [7, 11) is 0. The fourth-order valence-corrected chi connectivity index (χ4v) is 2.41. The Balaban J connectivity index is 1.94. The van der Waals surface area contributed by atoms with Crippen molar-refractivity contribution in [1.29, 1.82) is 0 Å². The summed E-state index contributed by atoms with van der Waals surface area (Å²) in [6.07, 6.45) is 2.56. The molecule has 2 aliphatic heterocycles. The van der Waals surface area contributed by atoms with Crippen LogP contribution in [0.5, 0.6) is 0 Å². The Hall–Kier alpha value is -1.13. The lowest BCUT2D eigenvalue weighted by molar-refractivity contribution is -0.119. The summed E-state index contributed by atoms with van der Waals surface area (Å²) >= 11 is 5.71. The molecule has 2 atom stereocenters. The van der Waals surface area contributed by atoms with Crippen molar-refractivity contribution in [3.63, 3.8) is 0 Å². The molecule has 1 N–H and O–H groups in total. The monoisotopic (exact) mass is 223 g/mol. The zero-order chi connectivity index (χ0) is 10.4. The molecule has 78 valence electrons. The smallest absolute Gasteiger partial charge is 0.244 e. The van der Waals surface area contributed by atoms with E-state index in [-0.39, 0.29) is 18.0 Å². The van der Waals surface area contributed by atoms with Crippen LogP contribution >= 0.6 is 11.6 Å². The second-order valence-electron chi connectivity index (χ2n) is 3.90. The van der Waals surface area contributed by atoms with Gasteiger partial charge in [-0.1, -0.05) is 11.6 Å². The topological polar surface area (TPSA) is 45.2 Å². The number of hydrogen-bond donors (Lipinski definition) is 1. The maximum Gasteiger partial charge on any atom is 0.244 e. The summed E-state index contributed by atoms with van der Waals surface area (Å²) < 4.78 is 0. The van der Waals surface area contributed by atoms with Crippen LogP contribution in [0.3, 0.4) is 0 Å². The van der Waals surface area contributed by atoms with Gasteiger partial charge in [0.05, 0.1) is 24.0 Å². The van der Waals surface area contributed by atoms with Crippen LogP contribution in [0, 0.1) is 0 Å². The molecule has 0 spiro atoms. The van der Waals surface area contributed by atoms with Crippen LogP contribution in [0.4, 0.5) is 5.69 Å². The van der Waals surface area contributed by atoms with Gasteiger partial charge in [-0.3, -0.25) is 4.79 Å². The van der Waals surface area contributed by atoms with Crippen molar-refractivity contribution in [3.05, 3.63) is 23.5 Å². The first kappa shape index (κ1) is 9.12. The van der Waals surface area contributed by atoms with Gasteiger partial charge < -0.3 is 10.2 Å². The van der Waals surface area contributed by atoms with Crippen LogP contribution in [-0.2, 0) is 4.79 Å². The molecule has 2 aliphatic rings. The number of aromatic nitrogens is 1. The minimum Gasteiger partial charge on any atom is -0.305 e. The maximum atomic E-state index is 11.9. The SMILES string of the molecule is O=C1[C@@H]2C[C@@H](CN2)N1c1ccc(Cl)nc1. The maximum absolute atomic E-state index is 11.9. The Bertz CT molecular complexity index is 406. The van der Waals surface area contributed by atoms with E-state index in [1.54, 1.807) is 12.3 Å². The Morgan fingerprint density at radius 3 is 3.00 bits per heavy atom. The first-order valence-corrected chi connectivity index (χ1v) is 5.31. The number of hydrogen-bond acceptors (Lipinski definition) is 3. The quantitative estimate of drug-likeness (QED) is 0.717. The van der Waals surface area contributed by atoms with E-state index in [1.807, 2.05) is 11.0 Å². The van der Waals surface area contributed by atoms with E-state index in [0.29, 0.717) is 5.15 Å². The lowest BCUT2D eigenvalue weighted by Crippen LogP contribution is -2.48. The number of rotatable bonds is 1. The standard InChI is InChI=1S/C10H10ClN3O/c11-9-2-1-6(4-13-9)14-7-3-8(10(14)15)12-5-7/h1-2,4,7-8,12H,3,5H2/t7-,8-/m0/s1. The Labute approximate surface area is 92.2 Å². The van der Waals surface area contributed by atoms with Crippen LogP contribution in [0.2, 0.25) is 5.15 Å². The summed E-state index contributed by atoms with van der Waals surface area (Å²) in [6.45, 7) is 0.874. The Morgan fingerprint density at radius 2 is 2.40 bits per heavy atom. The van der Waals surface area contributed by atoms with Crippen LogP contribution in [-0.4, -0.2) is 29.5 Å². The highest BCUT2D eigenvalue weighted by molar-refractivity contribution is 6.29. The van der Waals surface area contributed by atoms with Crippen LogP contribution in [0.25, 0.3) is 0 Å². The molecule has 0 aromatic carbocycles. The molecule has 2 saturated heterocycles.